The van der Waals surface area contributed by atoms with E-state index in [0.717, 1.165) is 66.0 Å². The normalized spacial score (nSPS) is 12.0. The number of nitrogens with one attached hydrogen (secondary N) is 2. The summed E-state index contributed by atoms with van der Waals surface area (Å²) in [5, 5.41) is 15.7. The molecule has 0 fully saturated rings. The number of hydrogen-bond acceptors (Lipinski definition) is 4. The summed E-state index contributed by atoms with van der Waals surface area (Å²) in [7, 11) is 0. The minimum Gasteiger partial charge on any atom is -0.435 e. The molecule has 48 heavy (non-hydrogen) atoms. The molecule has 1 atom stereocenters. The van der Waals surface area contributed by atoms with E-state index in [9.17, 15) is 5.41 Å². The highest BCUT2D eigenvalue weighted by Crippen LogP contribution is 2.35. The van der Waals surface area contributed by atoms with E-state index in [2.05, 4.69) is 85.1 Å². The molecule has 1 unspecified atom stereocenters. The molecular weight excluding hydrogens is 589 g/mol. The van der Waals surface area contributed by atoms with Crippen molar-refractivity contribution in [1.82, 2.24) is 15.4 Å². The predicted molar refractivity (Wildman–Crippen MR) is 197 cm³/mol. The maximum Gasteiger partial charge on any atom is 0.227 e. The van der Waals surface area contributed by atoms with Crippen LogP contribution in [0, 0.1) is 5.41 Å². The third-order valence-corrected chi connectivity index (χ3v) is 8.97. The van der Waals surface area contributed by atoms with Gasteiger partial charge in [0.05, 0.1) is 6.54 Å². The van der Waals surface area contributed by atoms with Gasteiger partial charge in [-0.1, -0.05) is 133 Å². The molecule has 0 aliphatic heterocycles. The van der Waals surface area contributed by atoms with Crippen LogP contribution in [0.25, 0.3) is 55.2 Å². The highest BCUT2D eigenvalue weighted by molar-refractivity contribution is 6.18. The van der Waals surface area contributed by atoms with Gasteiger partial charge in [0.15, 0.2) is 5.58 Å². The van der Waals surface area contributed by atoms with Crippen LogP contribution in [0.2, 0.25) is 0 Å². The van der Waals surface area contributed by atoms with Crippen molar-refractivity contribution in [2.75, 3.05) is 0 Å². The van der Waals surface area contributed by atoms with E-state index in [1.165, 1.54) is 0 Å². The molecule has 8 rings (SSSR count). The Hall–Kier alpha value is -6.04. The van der Waals surface area contributed by atoms with E-state index in [1.54, 1.807) is 0 Å². The zero-order valence-corrected chi connectivity index (χ0v) is 26.6. The van der Waals surface area contributed by atoms with Crippen LogP contribution < -0.4 is 5.43 Å². The Bertz CT molecular complexity index is 2370. The van der Waals surface area contributed by atoms with Crippen molar-refractivity contribution < 1.29 is 4.42 Å². The van der Waals surface area contributed by atoms with Gasteiger partial charge in [-0.05, 0) is 69.6 Å². The Morgan fingerprint density at radius 2 is 1.29 bits per heavy atom. The van der Waals surface area contributed by atoms with Gasteiger partial charge < -0.3 is 4.42 Å². The van der Waals surface area contributed by atoms with Gasteiger partial charge in [-0.3, -0.25) is 10.4 Å². The molecule has 1 aromatic heterocycles. The molecule has 0 saturated heterocycles. The van der Waals surface area contributed by atoms with Crippen molar-refractivity contribution in [2.24, 2.45) is 0 Å². The SMILES string of the molecule is CC(NN(Cc1ccc2ccc3ccc4nc(-c5ccccc5)oc4c3c2c1)C(=N)c1ccc(-c2ccccc2)cc1)c1ccccc1. The van der Waals surface area contributed by atoms with Crippen molar-refractivity contribution in [3.05, 3.63) is 174 Å². The summed E-state index contributed by atoms with van der Waals surface area (Å²) in [6, 6.07) is 53.9. The average molecular weight is 623 g/mol. The number of hydrogen-bond donors (Lipinski definition) is 2. The van der Waals surface area contributed by atoms with Crippen LogP contribution in [0.4, 0.5) is 0 Å². The molecule has 0 spiro atoms. The van der Waals surface area contributed by atoms with E-state index in [0.29, 0.717) is 18.3 Å². The average Bonchev–Trinajstić information content (AvgIpc) is 3.60. The Morgan fingerprint density at radius 3 is 2.02 bits per heavy atom. The lowest BCUT2D eigenvalue weighted by atomic mass is 9.99. The zero-order valence-electron chi connectivity index (χ0n) is 26.6. The third kappa shape index (κ3) is 5.72. The van der Waals surface area contributed by atoms with Crippen molar-refractivity contribution in [1.29, 1.82) is 5.41 Å². The zero-order chi connectivity index (χ0) is 32.5. The molecule has 0 saturated carbocycles. The maximum atomic E-state index is 9.39. The lowest BCUT2D eigenvalue weighted by molar-refractivity contribution is 0.261. The van der Waals surface area contributed by atoms with Gasteiger partial charge in [-0.2, -0.15) is 0 Å². The lowest BCUT2D eigenvalue weighted by Crippen LogP contribution is -2.43. The van der Waals surface area contributed by atoms with E-state index < -0.39 is 0 Å². The topological polar surface area (TPSA) is 65.2 Å². The molecule has 5 heteroatoms. The predicted octanol–water partition coefficient (Wildman–Crippen LogP) is 10.6. The molecule has 0 aliphatic carbocycles. The van der Waals surface area contributed by atoms with Crippen LogP contribution in [0.1, 0.15) is 29.7 Å². The largest absolute Gasteiger partial charge is 0.435 e. The van der Waals surface area contributed by atoms with Gasteiger partial charge in [-0.25, -0.2) is 10.4 Å². The summed E-state index contributed by atoms with van der Waals surface area (Å²) in [6.45, 7) is 2.62. The van der Waals surface area contributed by atoms with Crippen LogP contribution in [0.3, 0.4) is 0 Å². The first-order valence-corrected chi connectivity index (χ1v) is 16.2. The fourth-order valence-corrected chi connectivity index (χ4v) is 6.40. The highest BCUT2D eigenvalue weighted by atomic mass is 16.3. The number of oxazole rings is 1. The number of benzene rings is 7. The Balaban J connectivity index is 1.18. The molecule has 2 N–H and O–H groups in total. The first kappa shape index (κ1) is 29.4. The first-order chi connectivity index (χ1) is 23.6. The monoisotopic (exact) mass is 622 g/mol. The molecule has 5 nitrogen and oxygen atoms in total. The van der Waals surface area contributed by atoms with Crippen LogP contribution in [0.15, 0.2) is 162 Å². The third-order valence-electron chi connectivity index (χ3n) is 8.97. The fourth-order valence-electron chi connectivity index (χ4n) is 6.40. The van der Waals surface area contributed by atoms with Gasteiger partial charge >= 0.3 is 0 Å². The van der Waals surface area contributed by atoms with E-state index in [1.807, 2.05) is 89.9 Å². The molecule has 8 aromatic rings. The summed E-state index contributed by atoms with van der Waals surface area (Å²) in [5.74, 6) is 1.02. The second-order valence-electron chi connectivity index (χ2n) is 12.2. The number of fused-ring (bicyclic) bond motifs is 5. The van der Waals surface area contributed by atoms with E-state index in [4.69, 9.17) is 9.40 Å². The van der Waals surface area contributed by atoms with Crippen LogP contribution >= 0.6 is 0 Å². The molecule has 0 amide bonds. The quantitative estimate of drug-likeness (QED) is 0.0766. The Morgan fingerprint density at radius 1 is 0.688 bits per heavy atom. The number of aromatic nitrogens is 1. The van der Waals surface area contributed by atoms with Gasteiger partial charge in [0, 0.05) is 22.6 Å². The summed E-state index contributed by atoms with van der Waals surface area (Å²) in [5.41, 5.74) is 11.6. The van der Waals surface area contributed by atoms with Gasteiger partial charge in [0.2, 0.25) is 5.89 Å². The molecule has 0 bridgehead atoms. The fraction of sp³-hybridized carbons (Fsp3) is 0.0698. The molecular formula is C43H34N4O. The maximum absolute atomic E-state index is 9.39. The summed E-state index contributed by atoms with van der Waals surface area (Å²) in [6.07, 6.45) is 0. The van der Waals surface area contributed by atoms with Crippen molar-refractivity contribution in [3.63, 3.8) is 0 Å². The number of amidine groups is 1. The summed E-state index contributed by atoms with van der Waals surface area (Å²) < 4.78 is 6.47. The molecule has 232 valence electrons. The smallest absolute Gasteiger partial charge is 0.227 e. The standard InChI is InChI=1S/C43H34N4O/c1-29(31-11-5-2-6-12-31)46-47(42(44)36-23-19-33(20-24-36)32-13-7-3-8-14-32)28-30-17-18-34-21-22-35-25-26-39-41(40(35)38(34)27-30)48-43(45-39)37-15-9-4-10-16-37/h2-27,29,44,46H,28H2,1H3. The molecule has 0 aliphatic rings. The van der Waals surface area contributed by atoms with Crippen LogP contribution in [0.5, 0.6) is 0 Å². The minimum absolute atomic E-state index is 0.0124. The number of hydrazine groups is 1. The molecule has 0 radical (unpaired) electrons. The van der Waals surface area contributed by atoms with Crippen molar-refractivity contribution >= 4 is 38.5 Å². The minimum atomic E-state index is -0.0124. The summed E-state index contributed by atoms with van der Waals surface area (Å²) in [4.78, 5) is 4.84. The van der Waals surface area contributed by atoms with Gasteiger partial charge in [-0.15, -0.1) is 0 Å². The van der Waals surface area contributed by atoms with Gasteiger partial charge in [0.25, 0.3) is 0 Å². The van der Waals surface area contributed by atoms with E-state index in [-0.39, 0.29) is 6.04 Å². The van der Waals surface area contributed by atoms with Gasteiger partial charge in [0.1, 0.15) is 11.4 Å². The first-order valence-electron chi connectivity index (χ1n) is 16.2. The molecule has 1 heterocycles. The molecule has 7 aromatic carbocycles. The van der Waals surface area contributed by atoms with Crippen molar-refractivity contribution in [3.8, 4) is 22.6 Å². The second-order valence-corrected chi connectivity index (χ2v) is 12.2. The summed E-state index contributed by atoms with van der Waals surface area (Å²) >= 11 is 0. The number of nitrogens with zero attached hydrogens (tertiary/aromatic N) is 2. The van der Waals surface area contributed by atoms with Crippen LogP contribution in [-0.4, -0.2) is 15.8 Å². The van der Waals surface area contributed by atoms with Crippen molar-refractivity contribution in [2.45, 2.75) is 19.5 Å². The number of rotatable bonds is 8. The van der Waals surface area contributed by atoms with E-state index >= 15 is 0 Å². The Kier molecular flexibility index (Phi) is 7.73. The highest BCUT2D eigenvalue weighted by Gasteiger charge is 2.18. The van der Waals surface area contributed by atoms with Crippen LogP contribution in [-0.2, 0) is 6.54 Å². The second kappa shape index (κ2) is 12.6. The Labute approximate surface area is 279 Å². The lowest BCUT2D eigenvalue weighted by Gasteiger charge is -2.30.